The topological polar surface area (TPSA) is 72.5 Å². The third-order valence-electron chi connectivity index (χ3n) is 3.62. The van der Waals surface area contributed by atoms with E-state index >= 15 is 0 Å². The molecule has 1 heterocycles. The third-order valence-corrected chi connectivity index (χ3v) is 5.39. The Labute approximate surface area is 123 Å². The zero-order valence-corrected chi connectivity index (χ0v) is 12.7. The van der Waals surface area contributed by atoms with E-state index in [1.165, 1.54) is 25.3 Å². The first-order chi connectivity index (χ1) is 9.82. The van der Waals surface area contributed by atoms with Gasteiger partial charge in [-0.15, -0.1) is 0 Å². The lowest BCUT2D eigenvalue weighted by atomic mass is 10.0. The fraction of sp³-hybridized carbons (Fsp3) is 0.500. The Kier molecular flexibility index (Phi) is 4.51. The molecule has 2 rings (SSSR count). The largest absolute Gasteiger partial charge is 0.496 e. The Balaban J connectivity index is 2.09. The minimum absolute atomic E-state index is 0.0444. The standard InChI is InChI=1S/C14H18FNO4S/c1-9(12-7-11(15)3-4-13(12)20-2)16-14(17)10-5-6-21(18,19)8-10/h3-4,7,9-10H,5-6,8H2,1-2H3,(H,16,17). The lowest BCUT2D eigenvalue weighted by molar-refractivity contribution is -0.124. The van der Waals surface area contributed by atoms with E-state index < -0.39 is 27.6 Å². The molecule has 7 heteroatoms. The van der Waals surface area contributed by atoms with Crippen molar-refractivity contribution in [2.75, 3.05) is 18.6 Å². The van der Waals surface area contributed by atoms with Crippen LogP contribution in [0.5, 0.6) is 5.75 Å². The highest BCUT2D eigenvalue weighted by Crippen LogP contribution is 2.27. The van der Waals surface area contributed by atoms with Gasteiger partial charge < -0.3 is 10.1 Å². The van der Waals surface area contributed by atoms with Crippen molar-refractivity contribution in [3.63, 3.8) is 0 Å². The van der Waals surface area contributed by atoms with Crippen molar-refractivity contribution in [3.05, 3.63) is 29.6 Å². The number of nitrogens with one attached hydrogen (secondary N) is 1. The molecular formula is C14H18FNO4S. The second-order valence-corrected chi connectivity index (χ2v) is 7.45. The number of benzene rings is 1. The Bertz CT molecular complexity index is 644. The van der Waals surface area contributed by atoms with E-state index in [4.69, 9.17) is 4.74 Å². The van der Waals surface area contributed by atoms with E-state index in [9.17, 15) is 17.6 Å². The van der Waals surface area contributed by atoms with Crippen LogP contribution < -0.4 is 10.1 Å². The average Bonchev–Trinajstić information content (AvgIpc) is 2.79. The van der Waals surface area contributed by atoms with E-state index in [-0.39, 0.29) is 17.4 Å². The van der Waals surface area contributed by atoms with Crippen molar-refractivity contribution < 1.29 is 22.3 Å². The zero-order valence-electron chi connectivity index (χ0n) is 11.9. The van der Waals surface area contributed by atoms with E-state index in [0.29, 0.717) is 17.7 Å². The summed E-state index contributed by atoms with van der Waals surface area (Å²) in [6.45, 7) is 1.71. The van der Waals surface area contributed by atoms with Crippen molar-refractivity contribution in [1.82, 2.24) is 5.32 Å². The van der Waals surface area contributed by atoms with Gasteiger partial charge in [0, 0.05) is 5.56 Å². The third kappa shape index (κ3) is 3.72. The van der Waals surface area contributed by atoms with E-state index in [1.54, 1.807) is 6.92 Å². The summed E-state index contributed by atoms with van der Waals surface area (Å²) in [5, 5.41) is 2.73. The van der Waals surface area contributed by atoms with Crippen LogP contribution in [0.2, 0.25) is 0 Å². The minimum atomic E-state index is -3.11. The summed E-state index contributed by atoms with van der Waals surface area (Å²) in [6.07, 6.45) is 0.334. The Hall–Kier alpha value is -1.63. The van der Waals surface area contributed by atoms with Crippen molar-refractivity contribution in [2.45, 2.75) is 19.4 Å². The molecule has 2 unspecified atom stereocenters. The predicted molar refractivity (Wildman–Crippen MR) is 76.3 cm³/mol. The van der Waals surface area contributed by atoms with Gasteiger partial charge in [-0.25, -0.2) is 12.8 Å². The maximum atomic E-state index is 13.3. The van der Waals surface area contributed by atoms with E-state index in [2.05, 4.69) is 5.32 Å². The van der Waals surface area contributed by atoms with Crippen molar-refractivity contribution >= 4 is 15.7 Å². The number of hydrogen-bond donors (Lipinski definition) is 1. The van der Waals surface area contributed by atoms with Gasteiger partial charge in [-0.05, 0) is 31.5 Å². The SMILES string of the molecule is COc1ccc(F)cc1C(C)NC(=O)C1CCS(=O)(=O)C1. The molecule has 1 aromatic rings. The molecule has 21 heavy (non-hydrogen) atoms. The van der Waals surface area contributed by atoms with Crippen LogP contribution >= 0.6 is 0 Å². The number of hydrogen-bond acceptors (Lipinski definition) is 4. The molecule has 1 saturated heterocycles. The molecule has 1 aromatic carbocycles. The molecular weight excluding hydrogens is 297 g/mol. The molecule has 1 N–H and O–H groups in total. The van der Waals surface area contributed by atoms with Gasteiger partial charge in [0.1, 0.15) is 11.6 Å². The van der Waals surface area contributed by atoms with E-state index in [1.807, 2.05) is 0 Å². The first kappa shape index (κ1) is 15.8. The summed E-state index contributed by atoms with van der Waals surface area (Å²) in [5.74, 6) is -0.875. The van der Waals surface area contributed by atoms with Gasteiger partial charge >= 0.3 is 0 Å². The Morgan fingerprint density at radius 3 is 2.76 bits per heavy atom. The number of amides is 1. The smallest absolute Gasteiger partial charge is 0.224 e. The monoisotopic (exact) mass is 315 g/mol. The average molecular weight is 315 g/mol. The summed E-state index contributed by atoms with van der Waals surface area (Å²) in [4.78, 5) is 12.1. The summed E-state index contributed by atoms with van der Waals surface area (Å²) in [7, 11) is -1.64. The summed E-state index contributed by atoms with van der Waals surface area (Å²) in [5.41, 5.74) is 0.520. The molecule has 0 aliphatic carbocycles. The quantitative estimate of drug-likeness (QED) is 0.913. The second kappa shape index (κ2) is 6.01. The highest BCUT2D eigenvalue weighted by atomic mass is 32.2. The number of carbonyl (C=O) groups is 1. The normalized spacial score (nSPS) is 21.8. The molecule has 1 amide bonds. The number of halogens is 1. The van der Waals surface area contributed by atoms with Crippen molar-refractivity contribution in [3.8, 4) is 5.75 Å². The van der Waals surface area contributed by atoms with Gasteiger partial charge in [0.2, 0.25) is 5.91 Å². The summed E-state index contributed by atoms with van der Waals surface area (Å²) >= 11 is 0. The number of carbonyl (C=O) groups excluding carboxylic acids is 1. The highest BCUT2D eigenvalue weighted by molar-refractivity contribution is 7.91. The lowest BCUT2D eigenvalue weighted by Crippen LogP contribution is -2.33. The molecule has 0 aromatic heterocycles. The number of ether oxygens (including phenoxy) is 1. The van der Waals surface area contributed by atoms with Gasteiger partial charge in [-0.3, -0.25) is 4.79 Å². The highest BCUT2D eigenvalue weighted by Gasteiger charge is 2.33. The first-order valence-corrected chi connectivity index (χ1v) is 8.49. The molecule has 5 nitrogen and oxygen atoms in total. The van der Waals surface area contributed by atoms with Crippen LogP contribution in [0.25, 0.3) is 0 Å². The predicted octanol–water partition coefficient (Wildman–Crippen LogP) is 1.45. The lowest BCUT2D eigenvalue weighted by Gasteiger charge is -2.19. The van der Waals surface area contributed by atoms with E-state index in [0.717, 1.165) is 0 Å². The van der Waals surface area contributed by atoms with Gasteiger partial charge in [0.25, 0.3) is 0 Å². The molecule has 2 atom stereocenters. The zero-order chi connectivity index (χ0) is 15.6. The van der Waals surface area contributed by atoms with Crippen LogP contribution in [-0.2, 0) is 14.6 Å². The fourth-order valence-corrected chi connectivity index (χ4v) is 4.20. The fourth-order valence-electron chi connectivity index (χ4n) is 2.45. The second-order valence-electron chi connectivity index (χ2n) is 5.22. The van der Waals surface area contributed by atoms with Crippen molar-refractivity contribution in [1.29, 1.82) is 0 Å². The Morgan fingerprint density at radius 1 is 1.48 bits per heavy atom. The summed E-state index contributed by atoms with van der Waals surface area (Å²) < 4.78 is 41.3. The summed E-state index contributed by atoms with van der Waals surface area (Å²) in [6, 6.07) is 3.61. The van der Waals surface area contributed by atoms with Crippen LogP contribution in [0.4, 0.5) is 4.39 Å². The maximum absolute atomic E-state index is 13.3. The van der Waals surface area contributed by atoms with Gasteiger partial charge in [0.05, 0.1) is 30.6 Å². The van der Waals surface area contributed by atoms with Crippen LogP contribution in [0.3, 0.4) is 0 Å². The van der Waals surface area contributed by atoms with Crippen LogP contribution in [0, 0.1) is 11.7 Å². The van der Waals surface area contributed by atoms with Crippen molar-refractivity contribution in [2.24, 2.45) is 5.92 Å². The molecule has 0 spiro atoms. The van der Waals surface area contributed by atoms with Crippen LogP contribution in [0.15, 0.2) is 18.2 Å². The van der Waals surface area contributed by atoms with Gasteiger partial charge in [-0.2, -0.15) is 0 Å². The molecule has 0 radical (unpaired) electrons. The molecule has 0 saturated carbocycles. The van der Waals surface area contributed by atoms with Gasteiger partial charge in [-0.1, -0.05) is 0 Å². The van der Waals surface area contributed by atoms with Crippen LogP contribution in [-0.4, -0.2) is 32.9 Å². The Morgan fingerprint density at radius 2 is 2.19 bits per heavy atom. The molecule has 1 fully saturated rings. The molecule has 1 aliphatic heterocycles. The molecule has 116 valence electrons. The number of rotatable bonds is 4. The van der Waals surface area contributed by atoms with Crippen LogP contribution in [0.1, 0.15) is 24.9 Å². The number of sulfone groups is 1. The number of methoxy groups -OCH3 is 1. The molecule has 0 bridgehead atoms. The minimum Gasteiger partial charge on any atom is -0.496 e. The first-order valence-electron chi connectivity index (χ1n) is 6.66. The maximum Gasteiger partial charge on any atom is 0.224 e. The molecule has 1 aliphatic rings. The van der Waals surface area contributed by atoms with Gasteiger partial charge in [0.15, 0.2) is 9.84 Å².